The van der Waals surface area contributed by atoms with Gasteiger partial charge in [0.05, 0.1) is 22.8 Å². The first-order chi connectivity index (χ1) is 12.5. The zero-order chi connectivity index (χ0) is 18.4. The molecule has 8 heteroatoms. The lowest BCUT2D eigenvalue weighted by Crippen LogP contribution is -2.38. The average molecular weight is 355 g/mol. The van der Waals surface area contributed by atoms with Gasteiger partial charge in [0.1, 0.15) is 18.2 Å². The van der Waals surface area contributed by atoms with Gasteiger partial charge >= 0.3 is 11.7 Å². The Balaban J connectivity index is 2.04. The fourth-order valence-corrected chi connectivity index (χ4v) is 3.38. The first-order valence-electron chi connectivity index (χ1n) is 7.92. The molecule has 0 spiro atoms. The molecule has 0 unspecified atom stereocenters. The van der Waals surface area contributed by atoms with Crippen LogP contribution in [-0.4, -0.2) is 22.1 Å². The normalized spacial score (nSPS) is 18.0. The molecule has 0 saturated heterocycles. The van der Waals surface area contributed by atoms with Crippen molar-refractivity contribution in [3.05, 3.63) is 86.0 Å². The zero-order valence-corrected chi connectivity index (χ0v) is 13.5. The van der Waals surface area contributed by atoms with E-state index in [9.17, 15) is 18.8 Å². The number of esters is 1. The Morgan fingerprint density at radius 1 is 1.27 bits per heavy atom. The van der Waals surface area contributed by atoms with Crippen LogP contribution in [0.3, 0.4) is 0 Å². The van der Waals surface area contributed by atoms with Crippen LogP contribution < -0.4 is 16.6 Å². The summed E-state index contributed by atoms with van der Waals surface area (Å²) in [6.45, 7) is 3.80. The summed E-state index contributed by atoms with van der Waals surface area (Å²) in [5.74, 6) is -1.47. The SMILES string of the molecule is C=CCn1c2c(c(=O)[nH]c1=O)[C@H](c1ccc(F)cc1)C1=C(COC1=O)N2. The third-order valence-corrected chi connectivity index (χ3v) is 4.49. The van der Waals surface area contributed by atoms with E-state index in [-0.39, 0.29) is 24.5 Å². The molecule has 0 saturated carbocycles. The Kier molecular flexibility index (Phi) is 3.61. The third kappa shape index (κ3) is 2.30. The molecule has 2 aliphatic rings. The molecule has 1 atom stereocenters. The Hall–Kier alpha value is -3.42. The molecule has 2 N–H and O–H groups in total. The summed E-state index contributed by atoms with van der Waals surface area (Å²) in [5.41, 5.74) is 0.329. The lowest BCUT2D eigenvalue weighted by atomic mass is 9.83. The standard InChI is InChI=1S/C18H14FN3O4/c1-2-7-22-15-14(16(23)21-18(22)25)12(9-3-5-10(19)6-4-9)13-11(20-15)8-26-17(13)24/h2-6,12,20H,1,7-8H2,(H,21,23,25)/t12-/m1/s1. The zero-order valence-electron chi connectivity index (χ0n) is 13.5. The van der Waals surface area contributed by atoms with Crippen LogP contribution in [-0.2, 0) is 16.1 Å². The van der Waals surface area contributed by atoms with Crippen molar-refractivity contribution in [2.24, 2.45) is 0 Å². The molecular formula is C18H14FN3O4. The van der Waals surface area contributed by atoms with Gasteiger partial charge in [-0.2, -0.15) is 0 Å². The molecule has 0 bridgehead atoms. The van der Waals surface area contributed by atoms with Crippen LogP contribution in [0.25, 0.3) is 0 Å². The van der Waals surface area contributed by atoms with Gasteiger partial charge in [0, 0.05) is 6.54 Å². The summed E-state index contributed by atoms with van der Waals surface area (Å²) in [7, 11) is 0. The van der Waals surface area contributed by atoms with E-state index in [2.05, 4.69) is 16.9 Å². The molecule has 132 valence electrons. The number of anilines is 1. The first-order valence-corrected chi connectivity index (χ1v) is 7.92. The average Bonchev–Trinajstić information content (AvgIpc) is 2.98. The number of allylic oxidation sites excluding steroid dienone is 1. The van der Waals surface area contributed by atoms with Gasteiger partial charge in [0.2, 0.25) is 0 Å². The van der Waals surface area contributed by atoms with E-state index in [1.54, 1.807) is 0 Å². The van der Waals surface area contributed by atoms with Crippen molar-refractivity contribution in [1.29, 1.82) is 0 Å². The van der Waals surface area contributed by atoms with Crippen LogP contribution in [0, 0.1) is 5.82 Å². The number of carbonyl (C=O) groups is 1. The van der Waals surface area contributed by atoms with Crippen molar-refractivity contribution < 1.29 is 13.9 Å². The first kappa shape index (κ1) is 16.1. The van der Waals surface area contributed by atoms with Crippen molar-refractivity contribution in [1.82, 2.24) is 9.55 Å². The number of hydrogen-bond acceptors (Lipinski definition) is 5. The molecule has 0 fully saturated rings. The van der Waals surface area contributed by atoms with Crippen molar-refractivity contribution in [3.63, 3.8) is 0 Å². The minimum absolute atomic E-state index is 0.0143. The maximum atomic E-state index is 13.4. The summed E-state index contributed by atoms with van der Waals surface area (Å²) in [6.07, 6.45) is 1.52. The number of carbonyl (C=O) groups excluding carboxylic acids is 1. The molecule has 7 nitrogen and oxygen atoms in total. The van der Waals surface area contributed by atoms with Crippen LogP contribution in [0.2, 0.25) is 0 Å². The molecule has 0 amide bonds. The minimum atomic E-state index is -0.766. The van der Waals surface area contributed by atoms with Crippen LogP contribution >= 0.6 is 0 Å². The van der Waals surface area contributed by atoms with Crippen molar-refractivity contribution in [2.75, 3.05) is 11.9 Å². The van der Waals surface area contributed by atoms with E-state index >= 15 is 0 Å². The number of rotatable bonds is 3. The monoisotopic (exact) mass is 355 g/mol. The molecule has 0 radical (unpaired) electrons. The predicted octanol–water partition coefficient (Wildman–Crippen LogP) is 1.23. The smallest absolute Gasteiger partial charge is 0.337 e. The Bertz CT molecular complexity index is 1080. The number of benzene rings is 1. The highest BCUT2D eigenvalue weighted by atomic mass is 19.1. The van der Waals surface area contributed by atoms with Gasteiger partial charge in [-0.3, -0.25) is 14.3 Å². The van der Waals surface area contributed by atoms with Gasteiger partial charge in [-0.05, 0) is 17.7 Å². The van der Waals surface area contributed by atoms with Crippen LogP contribution in [0.4, 0.5) is 10.2 Å². The van der Waals surface area contributed by atoms with Crippen LogP contribution in [0.15, 0.2) is 57.8 Å². The molecular weight excluding hydrogens is 341 g/mol. The van der Waals surface area contributed by atoms with Crippen molar-refractivity contribution in [3.8, 4) is 0 Å². The number of halogens is 1. The quantitative estimate of drug-likeness (QED) is 0.638. The van der Waals surface area contributed by atoms with E-state index < -0.39 is 29.0 Å². The summed E-state index contributed by atoms with van der Waals surface area (Å²) in [6, 6.07) is 5.53. The number of fused-ring (bicyclic) bond motifs is 1. The van der Waals surface area contributed by atoms with Crippen LogP contribution in [0.5, 0.6) is 0 Å². The topological polar surface area (TPSA) is 93.2 Å². The van der Waals surface area contributed by atoms with Crippen LogP contribution in [0.1, 0.15) is 17.0 Å². The third-order valence-electron chi connectivity index (χ3n) is 4.49. The predicted molar refractivity (Wildman–Crippen MR) is 91.4 cm³/mol. The number of hydrogen-bond donors (Lipinski definition) is 2. The van der Waals surface area contributed by atoms with Crippen molar-refractivity contribution >= 4 is 11.8 Å². The van der Waals surface area contributed by atoms with Gasteiger partial charge < -0.3 is 10.1 Å². The van der Waals surface area contributed by atoms with Gasteiger partial charge in [-0.1, -0.05) is 18.2 Å². The highest BCUT2D eigenvalue weighted by Crippen LogP contribution is 2.42. The number of ether oxygens (including phenoxy) is 1. The number of H-pyrrole nitrogens is 1. The fourth-order valence-electron chi connectivity index (χ4n) is 3.38. The van der Waals surface area contributed by atoms with Gasteiger partial charge in [-0.15, -0.1) is 6.58 Å². The highest BCUT2D eigenvalue weighted by molar-refractivity contribution is 5.96. The minimum Gasteiger partial charge on any atom is -0.456 e. The van der Waals surface area contributed by atoms with Gasteiger partial charge in [-0.25, -0.2) is 14.0 Å². The second-order valence-electron chi connectivity index (χ2n) is 6.00. The Labute approximate surface area is 146 Å². The largest absolute Gasteiger partial charge is 0.456 e. The molecule has 1 aromatic heterocycles. The molecule has 1 aromatic carbocycles. The van der Waals surface area contributed by atoms with E-state index in [0.29, 0.717) is 16.8 Å². The van der Waals surface area contributed by atoms with E-state index in [4.69, 9.17) is 4.74 Å². The highest BCUT2D eigenvalue weighted by Gasteiger charge is 2.41. The Morgan fingerprint density at radius 2 is 2.00 bits per heavy atom. The molecule has 4 rings (SSSR count). The molecule has 0 aliphatic carbocycles. The summed E-state index contributed by atoms with van der Waals surface area (Å²) < 4.78 is 19.8. The summed E-state index contributed by atoms with van der Waals surface area (Å²) >= 11 is 0. The van der Waals surface area contributed by atoms with E-state index in [1.165, 1.54) is 34.9 Å². The number of nitrogens with one attached hydrogen (secondary N) is 2. The number of aromatic amines is 1. The molecule has 26 heavy (non-hydrogen) atoms. The van der Waals surface area contributed by atoms with E-state index in [0.717, 1.165) is 0 Å². The number of cyclic esters (lactones) is 1. The molecule has 2 aromatic rings. The van der Waals surface area contributed by atoms with Gasteiger partial charge in [0.15, 0.2) is 0 Å². The second-order valence-corrected chi connectivity index (χ2v) is 6.00. The maximum absolute atomic E-state index is 13.4. The fraction of sp³-hybridized carbons (Fsp3) is 0.167. The Morgan fingerprint density at radius 3 is 2.69 bits per heavy atom. The maximum Gasteiger partial charge on any atom is 0.337 e. The molecule has 2 aliphatic heterocycles. The second kappa shape index (κ2) is 5.83. The van der Waals surface area contributed by atoms with Gasteiger partial charge in [0.25, 0.3) is 5.56 Å². The van der Waals surface area contributed by atoms with Crippen molar-refractivity contribution in [2.45, 2.75) is 12.5 Å². The molecule has 3 heterocycles. The number of nitrogens with zero attached hydrogens (tertiary/aromatic N) is 1. The summed E-state index contributed by atoms with van der Waals surface area (Å²) in [5, 5.41) is 2.99. The summed E-state index contributed by atoms with van der Waals surface area (Å²) in [4.78, 5) is 39.3. The lowest BCUT2D eigenvalue weighted by molar-refractivity contribution is -0.136. The van der Waals surface area contributed by atoms with E-state index in [1.807, 2.05) is 0 Å². The lowest BCUT2D eigenvalue weighted by Gasteiger charge is -2.27. The number of aromatic nitrogens is 2.